The molecule has 1 saturated heterocycles. The molecular weight excluding hydrogens is 288 g/mol. The molecule has 21 heavy (non-hydrogen) atoms. The van der Waals surface area contributed by atoms with Crippen LogP contribution in [-0.2, 0) is 4.74 Å². The van der Waals surface area contributed by atoms with Gasteiger partial charge < -0.3 is 9.84 Å². The molecule has 0 amide bonds. The standard InChI is InChI=1S/C16H25ClN2O2/c1-2-21-12-11-18-7-9-19(10-8-18)13-16(20)14-5-3-4-6-15(14)17/h3-6,16,20H,2,7-13H2,1H3/t16-/m0/s1. The number of hydrogen-bond donors (Lipinski definition) is 1. The Hall–Kier alpha value is -0.650. The van der Waals surface area contributed by atoms with Gasteiger partial charge in [-0.15, -0.1) is 0 Å². The van der Waals surface area contributed by atoms with Crippen molar-refractivity contribution in [3.8, 4) is 0 Å². The van der Waals surface area contributed by atoms with Gasteiger partial charge in [-0.3, -0.25) is 9.80 Å². The monoisotopic (exact) mass is 312 g/mol. The third-order valence-electron chi connectivity index (χ3n) is 3.92. The van der Waals surface area contributed by atoms with Crippen molar-refractivity contribution < 1.29 is 9.84 Å². The minimum atomic E-state index is -0.520. The van der Waals surface area contributed by atoms with Gasteiger partial charge in [0, 0.05) is 56.5 Å². The lowest BCUT2D eigenvalue weighted by molar-refractivity contribution is 0.0550. The van der Waals surface area contributed by atoms with E-state index in [0.717, 1.165) is 51.5 Å². The van der Waals surface area contributed by atoms with Gasteiger partial charge in [0.15, 0.2) is 0 Å². The zero-order chi connectivity index (χ0) is 15.1. The van der Waals surface area contributed by atoms with Crippen LogP contribution < -0.4 is 0 Å². The molecule has 1 aliphatic rings. The van der Waals surface area contributed by atoms with Crippen molar-refractivity contribution in [1.82, 2.24) is 9.80 Å². The molecular formula is C16H25ClN2O2. The Kier molecular flexibility index (Phi) is 6.93. The third-order valence-corrected chi connectivity index (χ3v) is 4.26. The zero-order valence-corrected chi connectivity index (χ0v) is 13.4. The van der Waals surface area contributed by atoms with Crippen LogP contribution in [0.5, 0.6) is 0 Å². The Morgan fingerprint density at radius 1 is 1.19 bits per heavy atom. The topological polar surface area (TPSA) is 35.9 Å². The molecule has 1 aromatic rings. The van der Waals surface area contributed by atoms with Crippen LogP contribution in [-0.4, -0.2) is 67.4 Å². The first-order chi connectivity index (χ1) is 10.2. The maximum Gasteiger partial charge on any atom is 0.0931 e. The summed E-state index contributed by atoms with van der Waals surface area (Å²) in [7, 11) is 0. The lowest BCUT2D eigenvalue weighted by Crippen LogP contribution is -2.48. The van der Waals surface area contributed by atoms with E-state index in [1.54, 1.807) is 0 Å². The number of β-amino-alcohol motifs (C(OH)–C–C–N with tert-alkyl or cyclic N) is 1. The quantitative estimate of drug-likeness (QED) is 0.782. The van der Waals surface area contributed by atoms with E-state index >= 15 is 0 Å². The van der Waals surface area contributed by atoms with Crippen LogP contribution in [0.2, 0.25) is 5.02 Å². The van der Waals surface area contributed by atoms with Crippen LogP contribution >= 0.6 is 11.6 Å². The van der Waals surface area contributed by atoms with Crippen molar-refractivity contribution in [3.05, 3.63) is 34.9 Å². The van der Waals surface area contributed by atoms with Gasteiger partial charge in [0.1, 0.15) is 0 Å². The summed E-state index contributed by atoms with van der Waals surface area (Å²) >= 11 is 6.13. The van der Waals surface area contributed by atoms with Crippen LogP contribution in [0.4, 0.5) is 0 Å². The van der Waals surface area contributed by atoms with Crippen LogP contribution in [0.3, 0.4) is 0 Å². The summed E-state index contributed by atoms with van der Waals surface area (Å²) in [5.41, 5.74) is 0.818. The molecule has 5 heteroatoms. The number of nitrogens with zero attached hydrogens (tertiary/aromatic N) is 2. The van der Waals surface area contributed by atoms with E-state index in [1.165, 1.54) is 0 Å². The highest BCUT2D eigenvalue weighted by molar-refractivity contribution is 6.31. The first kappa shape index (κ1) is 16.7. The fraction of sp³-hybridized carbons (Fsp3) is 0.625. The van der Waals surface area contributed by atoms with Gasteiger partial charge in [-0.05, 0) is 13.0 Å². The summed E-state index contributed by atoms with van der Waals surface area (Å²) in [6.07, 6.45) is -0.520. The van der Waals surface area contributed by atoms with Crippen molar-refractivity contribution in [2.75, 3.05) is 52.5 Å². The highest BCUT2D eigenvalue weighted by Gasteiger charge is 2.20. The van der Waals surface area contributed by atoms with Crippen molar-refractivity contribution in [1.29, 1.82) is 0 Å². The molecule has 1 fully saturated rings. The van der Waals surface area contributed by atoms with Gasteiger partial charge in [-0.25, -0.2) is 0 Å². The van der Waals surface area contributed by atoms with Crippen LogP contribution in [0.15, 0.2) is 24.3 Å². The first-order valence-electron chi connectivity index (χ1n) is 7.65. The van der Waals surface area contributed by atoms with Crippen molar-refractivity contribution in [3.63, 3.8) is 0 Å². The fourth-order valence-corrected chi connectivity index (χ4v) is 2.88. The average molecular weight is 313 g/mol. The van der Waals surface area contributed by atoms with E-state index in [2.05, 4.69) is 9.80 Å². The van der Waals surface area contributed by atoms with Crippen molar-refractivity contribution >= 4 is 11.6 Å². The molecule has 2 rings (SSSR count). The van der Waals surface area contributed by atoms with E-state index in [-0.39, 0.29) is 0 Å². The Labute approximate surface area is 132 Å². The molecule has 0 aliphatic carbocycles. The SMILES string of the molecule is CCOCCN1CCN(C[C@H](O)c2ccccc2Cl)CC1. The normalized spacial score (nSPS) is 18.8. The molecule has 1 aromatic carbocycles. The Bertz CT molecular complexity index is 422. The van der Waals surface area contributed by atoms with Gasteiger partial charge in [0.2, 0.25) is 0 Å². The van der Waals surface area contributed by atoms with Crippen LogP contribution in [0.1, 0.15) is 18.6 Å². The maximum atomic E-state index is 10.3. The van der Waals surface area contributed by atoms with E-state index in [0.29, 0.717) is 11.6 Å². The van der Waals surface area contributed by atoms with Crippen LogP contribution in [0, 0.1) is 0 Å². The predicted octanol–water partition coefficient (Wildman–Crippen LogP) is 2.03. The number of ether oxygens (including phenoxy) is 1. The number of piperazine rings is 1. The fourth-order valence-electron chi connectivity index (χ4n) is 2.62. The largest absolute Gasteiger partial charge is 0.387 e. The van der Waals surface area contributed by atoms with Gasteiger partial charge in [-0.1, -0.05) is 29.8 Å². The molecule has 0 radical (unpaired) electrons. The molecule has 118 valence electrons. The number of rotatable bonds is 7. The molecule has 1 aliphatic heterocycles. The summed E-state index contributed by atoms with van der Waals surface area (Å²) in [4.78, 5) is 4.71. The van der Waals surface area contributed by atoms with Crippen molar-refractivity contribution in [2.45, 2.75) is 13.0 Å². The molecule has 1 heterocycles. The van der Waals surface area contributed by atoms with E-state index in [9.17, 15) is 5.11 Å². The Morgan fingerprint density at radius 2 is 1.86 bits per heavy atom. The average Bonchev–Trinajstić information content (AvgIpc) is 2.49. The first-order valence-corrected chi connectivity index (χ1v) is 8.03. The second-order valence-corrected chi connectivity index (χ2v) is 5.78. The second kappa shape index (κ2) is 8.71. The summed E-state index contributed by atoms with van der Waals surface area (Å²) < 4.78 is 5.39. The molecule has 0 aromatic heterocycles. The van der Waals surface area contributed by atoms with Gasteiger partial charge in [0.25, 0.3) is 0 Å². The minimum Gasteiger partial charge on any atom is -0.387 e. The molecule has 1 N–H and O–H groups in total. The lowest BCUT2D eigenvalue weighted by atomic mass is 10.1. The number of benzene rings is 1. The molecule has 0 bridgehead atoms. The molecule has 4 nitrogen and oxygen atoms in total. The summed E-state index contributed by atoms with van der Waals surface area (Å²) in [6.45, 7) is 9.26. The minimum absolute atomic E-state index is 0.520. The summed E-state index contributed by atoms with van der Waals surface area (Å²) in [5.74, 6) is 0. The lowest BCUT2D eigenvalue weighted by Gasteiger charge is -2.35. The molecule has 0 saturated carbocycles. The smallest absolute Gasteiger partial charge is 0.0931 e. The second-order valence-electron chi connectivity index (χ2n) is 5.38. The van der Waals surface area contributed by atoms with Gasteiger partial charge in [0.05, 0.1) is 12.7 Å². The summed E-state index contributed by atoms with van der Waals surface area (Å²) in [6, 6.07) is 7.52. The number of aliphatic hydroxyl groups excluding tert-OH is 1. The summed E-state index contributed by atoms with van der Waals surface area (Å²) in [5, 5.41) is 11.0. The Balaban J connectivity index is 1.74. The molecule has 1 atom stereocenters. The van der Waals surface area contributed by atoms with E-state index in [1.807, 2.05) is 31.2 Å². The maximum absolute atomic E-state index is 10.3. The van der Waals surface area contributed by atoms with E-state index < -0.39 is 6.10 Å². The highest BCUT2D eigenvalue weighted by atomic mass is 35.5. The number of hydrogen-bond acceptors (Lipinski definition) is 4. The molecule has 0 unspecified atom stereocenters. The molecule has 0 spiro atoms. The number of aliphatic hydroxyl groups is 1. The van der Waals surface area contributed by atoms with Crippen molar-refractivity contribution in [2.24, 2.45) is 0 Å². The number of halogens is 1. The van der Waals surface area contributed by atoms with Gasteiger partial charge in [-0.2, -0.15) is 0 Å². The highest BCUT2D eigenvalue weighted by Crippen LogP contribution is 2.23. The van der Waals surface area contributed by atoms with E-state index in [4.69, 9.17) is 16.3 Å². The third kappa shape index (κ3) is 5.24. The Morgan fingerprint density at radius 3 is 2.52 bits per heavy atom. The predicted molar refractivity (Wildman–Crippen MR) is 85.8 cm³/mol. The van der Waals surface area contributed by atoms with Gasteiger partial charge >= 0.3 is 0 Å². The van der Waals surface area contributed by atoms with Crippen LogP contribution in [0.25, 0.3) is 0 Å². The zero-order valence-electron chi connectivity index (χ0n) is 12.7.